The second kappa shape index (κ2) is 16.9. The van der Waals surface area contributed by atoms with E-state index in [2.05, 4.69) is 258 Å². The largest absolute Gasteiger partial charge is 0.309 e. The molecule has 0 radical (unpaired) electrons. The van der Waals surface area contributed by atoms with Gasteiger partial charge in [0.2, 0.25) is 0 Å². The molecule has 1 spiro atoms. The average Bonchev–Trinajstić information content (AvgIpc) is 4.28. The topological polar surface area (TPSA) is 6.48 Å². The Balaban J connectivity index is 1.06. The Morgan fingerprint density at radius 1 is 0.351 bits per heavy atom. The Morgan fingerprint density at radius 3 is 1.12 bits per heavy atom. The van der Waals surface area contributed by atoms with E-state index in [1.54, 1.807) is 0 Å². The summed E-state index contributed by atoms with van der Waals surface area (Å²) in [6.07, 6.45) is 2.00. The molecule has 2 aromatic heterocycles. The number of benzene rings is 10. The van der Waals surface area contributed by atoms with E-state index in [1.165, 1.54) is 118 Å². The summed E-state index contributed by atoms with van der Waals surface area (Å²) in [6, 6.07) is 79.1. The molecule has 358 valence electrons. The van der Waals surface area contributed by atoms with Gasteiger partial charge in [0.25, 0.3) is 0 Å². The Kier molecular flexibility index (Phi) is 10.3. The van der Waals surface area contributed by atoms with Crippen LogP contribution in [0.1, 0.15) is 83.3 Å². The Hall–Kier alpha value is -7.76. The monoisotopic (exact) mass is 988 g/mol. The molecule has 0 saturated carbocycles. The normalized spacial score (nSPS) is 13.9. The Labute approximate surface area is 442 Å². The van der Waals surface area contributed by atoms with E-state index in [0.717, 1.165) is 35.6 Å². The smallest absolute Gasteiger partial charge is 0.0719 e. The van der Waals surface area contributed by atoms with E-state index in [1.807, 2.05) is 22.7 Å². The first-order valence-electron chi connectivity index (χ1n) is 26.3. The molecular formula is C70H56N2S2. The molecule has 2 nitrogen and oxygen atoms in total. The van der Waals surface area contributed by atoms with Gasteiger partial charge in [-0.2, -0.15) is 0 Å². The van der Waals surface area contributed by atoms with Crippen LogP contribution in [0.2, 0.25) is 0 Å². The predicted molar refractivity (Wildman–Crippen MR) is 319 cm³/mol. The van der Waals surface area contributed by atoms with Crippen molar-refractivity contribution in [1.29, 1.82) is 0 Å². The fourth-order valence-corrected chi connectivity index (χ4v) is 15.8. The van der Waals surface area contributed by atoms with Crippen molar-refractivity contribution >= 4 is 97.1 Å². The SMILES string of the molecule is CCc1cccc2c1sc1c(N(c3ccc(C)cc3)c3ccc4c(c3)-c3cc(N(c5ccc(C)cc5)c5cccc6c5sc5c(CC)cccc56)ccc3C43c4ccccc4C(C)(C)c4ccccc43)cccc12. The number of nitrogens with zero attached hydrogens (tertiary/aromatic N) is 2. The van der Waals surface area contributed by atoms with Gasteiger partial charge < -0.3 is 9.80 Å². The quantitative estimate of drug-likeness (QED) is 0.150. The number of hydrogen-bond donors (Lipinski definition) is 0. The van der Waals surface area contributed by atoms with Crippen LogP contribution < -0.4 is 9.80 Å². The van der Waals surface area contributed by atoms with Crippen LogP contribution in [0.25, 0.3) is 51.5 Å². The maximum absolute atomic E-state index is 2.52. The first-order valence-corrected chi connectivity index (χ1v) is 27.9. The van der Waals surface area contributed by atoms with Gasteiger partial charge in [-0.25, -0.2) is 0 Å². The highest BCUT2D eigenvalue weighted by Crippen LogP contribution is 2.64. The number of fused-ring (bicyclic) bond motifs is 15. The number of thiophene rings is 2. The van der Waals surface area contributed by atoms with Gasteiger partial charge in [-0.1, -0.05) is 184 Å². The van der Waals surface area contributed by atoms with Crippen molar-refractivity contribution in [2.75, 3.05) is 9.80 Å². The zero-order chi connectivity index (χ0) is 50.0. The van der Waals surface area contributed by atoms with Crippen molar-refractivity contribution in [2.24, 2.45) is 0 Å². The fourth-order valence-electron chi connectivity index (χ4n) is 13.0. The van der Waals surface area contributed by atoms with Crippen molar-refractivity contribution in [3.8, 4) is 11.1 Å². The number of rotatable bonds is 8. The van der Waals surface area contributed by atoms with E-state index in [9.17, 15) is 0 Å². The van der Waals surface area contributed by atoms with Gasteiger partial charge in [0.1, 0.15) is 0 Å². The third kappa shape index (κ3) is 6.41. The molecule has 0 amide bonds. The average molecular weight is 989 g/mol. The molecule has 0 aliphatic heterocycles. The van der Waals surface area contributed by atoms with Gasteiger partial charge >= 0.3 is 0 Å². The molecule has 2 heterocycles. The minimum atomic E-state index is -0.558. The zero-order valence-electron chi connectivity index (χ0n) is 42.8. The van der Waals surface area contributed by atoms with Crippen molar-refractivity contribution < 1.29 is 0 Å². The number of anilines is 6. The van der Waals surface area contributed by atoms with Gasteiger partial charge in [-0.15, -0.1) is 22.7 Å². The minimum absolute atomic E-state index is 0.202. The summed E-state index contributed by atoms with van der Waals surface area (Å²) < 4.78 is 5.37. The highest BCUT2D eigenvalue weighted by Gasteiger charge is 2.53. The Bertz CT molecular complexity index is 3950. The number of aryl methyl sites for hydroxylation is 4. The summed E-state index contributed by atoms with van der Waals surface area (Å²) in [5.74, 6) is 0. The standard InChI is InChI=1S/C70H56N2S2/c1-7-45-17-13-19-51-53-21-15-27-63(67(53)73-65(45)51)71(47-33-29-43(3)30-34-47)49-37-39-57-55(41-49)56-42-50(38-40-58(56)70(57)61-25-11-9-23-59(61)69(5,6)60-24-10-12-26-62(60)70)72(48-35-31-44(4)32-36-48)64-28-16-22-54-52-20-14-18-46(8-2)66(52)74-68(54)64/h9-42H,7-8H2,1-6H3. The third-order valence-electron chi connectivity index (χ3n) is 16.6. The maximum Gasteiger partial charge on any atom is 0.0719 e. The lowest BCUT2D eigenvalue weighted by molar-refractivity contribution is 0.563. The highest BCUT2D eigenvalue weighted by atomic mass is 32.1. The van der Waals surface area contributed by atoms with Crippen LogP contribution in [0.15, 0.2) is 206 Å². The first-order chi connectivity index (χ1) is 36.2. The van der Waals surface area contributed by atoms with E-state index in [4.69, 9.17) is 0 Å². The zero-order valence-corrected chi connectivity index (χ0v) is 44.4. The summed E-state index contributed by atoms with van der Waals surface area (Å²) in [5, 5.41) is 5.28. The summed E-state index contributed by atoms with van der Waals surface area (Å²) in [4.78, 5) is 5.05. The molecular weight excluding hydrogens is 933 g/mol. The van der Waals surface area contributed by atoms with Crippen LogP contribution in [0.3, 0.4) is 0 Å². The number of hydrogen-bond acceptors (Lipinski definition) is 4. The molecule has 10 aromatic carbocycles. The van der Waals surface area contributed by atoms with E-state index >= 15 is 0 Å². The minimum Gasteiger partial charge on any atom is -0.309 e. The van der Waals surface area contributed by atoms with Crippen LogP contribution in [0.5, 0.6) is 0 Å². The molecule has 0 N–H and O–H groups in total. The lowest BCUT2D eigenvalue weighted by atomic mass is 9.55. The van der Waals surface area contributed by atoms with E-state index in [0.29, 0.717) is 0 Å². The van der Waals surface area contributed by atoms with Gasteiger partial charge in [0.05, 0.1) is 26.2 Å². The molecule has 4 heteroatoms. The lowest BCUT2D eigenvalue weighted by Gasteiger charge is -2.46. The van der Waals surface area contributed by atoms with Gasteiger partial charge in [0, 0.05) is 59.1 Å². The van der Waals surface area contributed by atoms with E-state index in [-0.39, 0.29) is 5.41 Å². The molecule has 0 saturated heterocycles. The molecule has 0 fully saturated rings. The van der Waals surface area contributed by atoms with Crippen LogP contribution in [-0.4, -0.2) is 0 Å². The summed E-state index contributed by atoms with van der Waals surface area (Å²) in [7, 11) is 0. The Morgan fingerprint density at radius 2 is 0.716 bits per heavy atom. The first kappa shape index (κ1) is 44.9. The van der Waals surface area contributed by atoms with Gasteiger partial charge in [0.15, 0.2) is 0 Å². The van der Waals surface area contributed by atoms with E-state index < -0.39 is 5.41 Å². The fraction of sp³-hybridized carbons (Fsp3) is 0.143. The molecule has 0 bridgehead atoms. The maximum atomic E-state index is 2.52. The predicted octanol–water partition coefficient (Wildman–Crippen LogP) is 20.1. The van der Waals surface area contributed by atoms with Crippen LogP contribution in [0.4, 0.5) is 34.1 Å². The second-order valence-corrected chi connectivity index (χ2v) is 23.1. The molecule has 0 atom stereocenters. The van der Waals surface area contributed by atoms with Crippen LogP contribution in [0, 0.1) is 13.8 Å². The molecule has 0 unspecified atom stereocenters. The molecule has 2 aliphatic rings. The highest BCUT2D eigenvalue weighted by molar-refractivity contribution is 7.27. The summed E-state index contributed by atoms with van der Waals surface area (Å²) in [5.41, 5.74) is 22.1. The molecule has 14 rings (SSSR count). The summed E-state index contributed by atoms with van der Waals surface area (Å²) >= 11 is 3.87. The van der Waals surface area contributed by atoms with Gasteiger partial charge in [-0.05, 0) is 143 Å². The molecule has 12 aromatic rings. The summed E-state index contributed by atoms with van der Waals surface area (Å²) in [6.45, 7) is 13.7. The molecule has 74 heavy (non-hydrogen) atoms. The van der Waals surface area contributed by atoms with Crippen molar-refractivity contribution in [2.45, 2.75) is 65.2 Å². The third-order valence-corrected chi connectivity index (χ3v) is 19.3. The van der Waals surface area contributed by atoms with Crippen molar-refractivity contribution in [3.63, 3.8) is 0 Å². The molecule has 2 aliphatic carbocycles. The van der Waals surface area contributed by atoms with Crippen molar-refractivity contribution in [3.05, 3.63) is 262 Å². The van der Waals surface area contributed by atoms with Crippen LogP contribution in [-0.2, 0) is 23.7 Å². The second-order valence-electron chi connectivity index (χ2n) is 21.1. The van der Waals surface area contributed by atoms with Gasteiger partial charge in [-0.3, -0.25) is 0 Å². The van der Waals surface area contributed by atoms with Crippen LogP contribution >= 0.6 is 22.7 Å². The van der Waals surface area contributed by atoms with Crippen molar-refractivity contribution in [1.82, 2.24) is 0 Å². The lowest BCUT2D eigenvalue weighted by Crippen LogP contribution is -2.40.